The zero-order valence-corrected chi connectivity index (χ0v) is 10.4. The van der Waals surface area contributed by atoms with E-state index >= 15 is 0 Å². The summed E-state index contributed by atoms with van der Waals surface area (Å²) in [5.41, 5.74) is 0.709. The predicted octanol–water partition coefficient (Wildman–Crippen LogP) is 1.31. The lowest BCUT2D eigenvalue weighted by atomic mass is 10.2. The van der Waals surface area contributed by atoms with Crippen molar-refractivity contribution in [3.63, 3.8) is 0 Å². The lowest BCUT2D eigenvalue weighted by Gasteiger charge is -2.08. The quantitative estimate of drug-likeness (QED) is 0.759. The van der Waals surface area contributed by atoms with Crippen LogP contribution in [0.4, 0.5) is 10.2 Å². The number of amides is 1. The number of anilines is 1. The minimum absolute atomic E-state index is 0.0366. The van der Waals surface area contributed by atoms with E-state index in [0.29, 0.717) is 6.54 Å². The Hall–Kier alpha value is -2.44. The molecule has 0 unspecified atom stereocenters. The van der Waals surface area contributed by atoms with Crippen molar-refractivity contribution < 1.29 is 9.18 Å². The van der Waals surface area contributed by atoms with Crippen LogP contribution in [0.3, 0.4) is 0 Å². The molecule has 0 aliphatic carbocycles. The number of rotatable bonds is 5. The van der Waals surface area contributed by atoms with E-state index in [1.807, 2.05) is 6.92 Å². The molecule has 0 aliphatic heterocycles. The van der Waals surface area contributed by atoms with E-state index in [-0.39, 0.29) is 17.9 Å². The number of aromatic amines is 1. The van der Waals surface area contributed by atoms with Crippen LogP contribution >= 0.6 is 0 Å². The number of carbonyl (C=O) groups is 1. The standard InChI is InChI=1S/C12H14FN5O/c1-2-15-11-10(13)9(3-4-16-11)12(19)17-6-8-5-14-7-18-8/h3-5,7H,2,6H2,1H3,(H,14,18)(H,15,16)(H,17,19). The number of carbonyl (C=O) groups excluding carboxylic acids is 1. The van der Waals surface area contributed by atoms with Gasteiger partial charge in [0.1, 0.15) is 0 Å². The maximum absolute atomic E-state index is 14.0. The molecule has 2 aromatic heterocycles. The summed E-state index contributed by atoms with van der Waals surface area (Å²) in [6, 6.07) is 1.35. The Morgan fingerprint density at radius 3 is 3.05 bits per heavy atom. The first-order valence-corrected chi connectivity index (χ1v) is 5.86. The average Bonchev–Trinajstić information content (AvgIpc) is 2.92. The summed E-state index contributed by atoms with van der Waals surface area (Å²) < 4.78 is 14.0. The van der Waals surface area contributed by atoms with E-state index in [0.717, 1.165) is 5.69 Å². The molecule has 3 N–H and O–H groups in total. The summed E-state index contributed by atoms with van der Waals surface area (Å²) >= 11 is 0. The Bertz CT molecular complexity index is 555. The summed E-state index contributed by atoms with van der Waals surface area (Å²) in [5, 5.41) is 5.36. The predicted molar refractivity (Wildman–Crippen MR) is 68.1 cm³/mol. The van der Waals surface area contributed by atoms with Crippen molar-refractivity contribution in [3.05, 3.63) is 41.9 Å². The van der Waals surface area contributed by atoms with Crippen molar-refractivity contribution in [2.24, 2.45) is 0 Å². The molecule has 0 bridgehead atoms. The van der Waals surface area contributed by atoms with E-state index < -0.39 is 11.7 Å². The van der Waals surface area contributed by atoms with Gasteiger partial charge < -0.3 is 15.6 Å². The molecule has 0 radical (unpaired) electrons. The minimum Gasteiger partial charge on any atom is -0.368 e. The van der Waals surface area contributed by atoms with Crippen LogP contribution in [0, 0.1) is 5.82 Å². The number of pyridine rings is 1. The molecule has 1 amide bonds. The van der Waals surface area contributed by atoms with Gasteiger partial charge in [-0.15, -0.1) is 0 Å². The van der Waals surface area contributed by atoms with E-state index in [1.165, 1.54) is 18.6 Å². The highest BCUT2D eigenvalue weighted by molar-refractivity contribution is 5.95. The zero-order valence-electron chi connectivity index (χ0n) is 10.4. The molecule has 0 atom stereocenters. The molecule has 0 saturated carbocycles. The van der Waals surface area contributed by atoms with Crippen LogP contribution in [0.25, 0.3) is 0 Å². The Labute approximate surface area is 109 Å². The SMILES string of the molecule is CCNc1nccc(C(=O)NCc2cnc[nH]2)c1F. The van der Waals surface area contributed by atoms with E-state index in [2.05, 4.69) is 25.6 Å². The molecule has 100 valence electrons. The lowest BCUT2D eigenvalue weighted by Crippen LogP contribution is -2.24. The van der Waals surface area contributed by atoms with Crippen LogP contribution in [0.2, 0.25) is 0 Å². The third kappa shape index (κ3) is 3.06. The Balaban J connectivity index is 2.08. The van der Waals surface area contributed by atoms with Gasteiger partial charge in [-0.25, -0.2) is 14.4 Å². The number of nitrogens with one attached hydrogen (secondary N) is 3. The van der Waals surface area contributed by atoms with Gasteiger partial charge >= 0.3 is 0 Å². The fraction of sp³-hybridized carbons (Fsp3) is 0.250. The van der Waals surface area contributed by atoms with Crippen molar-refractivity contribution in [2.75, 3.05) is 11.9 Å². The van der Waals surface area contributed by atoms with Crippen molar-refractivity contribution in [3.8, 4) is 0 Å². The summed E-state index contributed by atoms with van der Waals surface area (Å²) in [4.78, 5) is 22.4. The first-order chi connectivity index (χ1) is 9.22. The molecule has 6 nitrogen and oxygen atoms in total. The second-order valence-electron chi connectivity index (χ2n) is 3.81. The van der Waals surface area contributed by atoms with E-state index in [9.17, 15) is 9.18 Å². The molecular formula is C12H14FN5O. The maximum Gasteiger partial charge on any atom is 0.254 e. The van der Waals surface area contributed by atoms with Crippen LogP contribution in [0.15, 0.2) is 24.8 Å². The molecule has 0 fully saturated rings. The Kier molecular flexibility index (Phi) is 4.07. The first-order valence-electron chi connectivity index (χ1n) is 5.86. The third-order valence-electron chi connectivity index (χ3n) is 2.47. The largest absolute Gasteiger partial charge is 0.368 e. The van der Waals surface area contributed by atoms with Crippen molar-refractivity contribution in [2.45, 2.75) is 13.5 Å². The first kappa shape index (κ1) is 13.0. The van der Waals surface area contributed by atoms with Crippen molar-refractivity contribution >= 4 is 11.7 Å². The molecule has 19 heavy (non-hydrogen) atoms. The molecule has 2 rings (SSSR count). The number of nitrogens with zero attached hydrogens (tertiary/aromatic N) is 2. The molecule has 2 aromatic rings. The highest BCUT2D eigenvalue weighted by Gasteiger charge is 2.15. The van der Waals surface area contributed by atoms with Crippen molar-refractivity contribution in [1.29, 1.82) is 0 Å². The average molecular weight is 263 g/mol. The smallest absolute Gasteiger partial charge is 0.254 e. The van der Waals surface area contributed by atoms with Gasteiger partial charge in [0, 0.05) is 18.9 Å². The fourth-order valence-electron chi connectivity index (χ4n) is 1.56. The third-order valence-corrected chi connectivity index (χ3v) is 2.47. The summed E-state index contributed by atoms with van der Waals surface area (Å²) in [6.45, 7) is 2.62. The topological polar surface area (TPSA) is 82.7 Å². The molecule has 0 spiro atoms. The van der Waals surface area contributed by atoms with Crippen molar-refractivity contribution in [1.82, 2.24) is 20.3 Å². The Morgan fingerprint density at radius 1 is 1.53 bits per heavy atom. The second kappa shape index (κ2) is 5.94. The highest BCUT2D eigenvalue weighted by atomic mass is 19.1. The molecule has 0 saturated heterocycles. The number of hydrogen-bond donors (Lipinski definition) is 3. The summed E-state index contributed by atoms with van der Waals surface area (Å²) in [7, 11) is 0. The number of hydrogen-bond acceptors (Lipinski definition) is 4. The highest BCUT2D eigenvalue weighted by Crippen LogP contribution is 2.14. The summed E-state index contributed by atoms with van der Waals surface area (Å²) in [6.07, 6.45) is 4.50. The van der Waals surface area contributed by atoms with Gasteiger partial charge in [0.15, 0.2) is 11.6 Å². The normalized spacial score (nSPS) is 10.2. The van der Waals surface area contributed by atoms with Gasteiger partial charge in [-0.2, -0.15) is 0 Å². The van der Waals surface area contributed by atoms with Gasteiger partial charge in [0.2, 0.25) is 0 Å². The van der Waals surface area contributed by atoms with Gasteiger partial charge in [-0.3, -0.25) is 4.79 Å². The number of imidazole rings is 1. The molecule has 7 heteroatoms. The second-order valence-corrected chi connectivity index (χ2v) is 3.81. The van der Waals surface area contributed by atoms with Gasteiger partial charge in [0.05, 0.1) is 24.1 Å². The number of halogens is 1. The van der Waals surface area contributed by atoms with E-state index in [4.69, 9.17) is 0 Å². The minimum atomic E-state index is -0.647. The molecule has 2 heterocycles. The van der Waals surface area contributed by atoms with Crippen LogP contribution in [-0.4, -0.2) is 27.4 Å². The zero-order chi connectivity index (χ0) is 13.7. The van der Waals surface area contributed by atoms with Crippen LogP contribution in [0.5, 0.6) is 0 Å². The Morgan fingerprint density at radius 2 is 2.37 bits per heavy atom. The number of aromatic nitrogens is 3. The summed E-state index contributed by atoms with van der Waals surface area (Å²) in [5.74, 6) is -1.06. The van der Waals surface area contributed by atoms with Gasteiger partial charge in [-0.05, 0) is 13.0 Å². The van der Waals surface area contributed by atoms with Crippen LogP contribution in [-0.2, 0) is 6.54 Å². The van der Waals surface area contributed by atoms with E-state index in [1.54, 1.807) is 6.20 Å². The molecule has 0 aliphatic rings. The lowest BCUT2D eigenvalue weighted by molar-refractivity contribution is 0.0946. The fourth-order valence-corrected chi connectivity index (χ4v) is 1.56. The molecular weight excluding hydrogens is 249 g/mol. The number of H-pyrrole nitrogens is 1. The van der Waals surface area contributed by atoms with Crippen LogP contribution in [0.1, 0.15) is 23.0 Å². The van der Waals surface area contributed by atoms with Gasteiger partial charge in [-0.1, -0.05) is 0 Å². The van der Waals surface area contributed by atoms with Gasteiger partial charge in [0.25, 0.3) is 5.91 Å². The molecule has 0 aromatic carbocycles. The maximum atomic E-state index is 14.0. The van der Waals surface area contributed by atoms with Crippen LogP contribution < -0.4 is 10.6 Å². The monoisotopic (exact) mass is 263 g/mol.